The van der Waals surface area contributed by atoms with E-state index in [1.54, 1.807) is 29.8 Å². The Morgan fingerprint density at radius 3 is 2.79 bits per heavy atom. The summed E-state index contributed by atoms with van der Waals surface area (Å²) < 4.78 is 32.4. The predicted molar refractivity (Wildman–Crippen MR) is 130 cm³/mol. The number of benzene rings is 1. The number of carbonyl (C=O) groups excluding carboxylic acids is 1. The minimum atomic E-state index is -3.13. The molecule has 1 saturated heterocycles. The average molecular weight is 494 g/mol. The fourth-order valence-corrected chi connectivity index (χ4v) is 6.91. The molecule has 1 aromatic carbocycles. The van der Waals surface area contributed by atoms with E-state index >= 15 is 0 Å². The van der Waals surface area contributed by atoms with Crippen LogP contribution >= 0.6 is 11.3 Å². The number of hydrogen-bond donors (Lipinski definition) is 1. The Hall–Kier alpha value is -3.57. The zero-order chi connectivity index (χ0) is 23.4. The van der Waals surface area contributed by atoms with Crippen LogP contribution in [-0.4, -0.2) is 45.6 Å². The van der Waals surface area contributed by atoms with Crippen LogP contribution in [0.1, 0.15) is 28.5 Å². The molecule has 5 aromatic rings. The molecule has 1 fully saturated rings. The van der Waals surface area contributed by atoms with Crippen molar-refractivity contribution in [3.63, 3.8) is 0 Å². The Bertz CT molecular complexity index is 1640. The Balaban J connectivity index is 1.49. The van der Waals surface area contributed by atoms with Crippen LogP contribution in [0.5, 0.6) is 0 Å². The highest BCUT2D eigenvalue weighted by Gasteiger charge is 2.32. The van der Waals surface area contributed by atoms with Crippen molar-refractivity contribution in [3.8, 4) is 11.5 Å². The molecule has 9 nitrogen and oxygen atoms in total. The van der Waals surface area contributed by atoms with Gasteiger partial charge in [-0.05, 0) is 43.7 Å². The smallest absolute Gasteiger partial charge is 0.258 e. The SMILES string of the molecule is Cc1nn(C2CCS(=O)(=O)C2)c2nc(-c3ccco3)cc(C(=O)Nc3nc4ccccc4s3)c12. The number of aryl methyl sites for hydroxylation is 1. The number of pyridine rings is 1. The molecule has 6 rings (SSSR count). The van der Waals surface area contributed by atoms with Gasteiger partial charge in [0.2, 0.25) is 0 Å². The fraction of sp³-hybridized carbons (Fsp3) is 0.217. The maximum Gasteiger partial charge on any atom is 0.258 e. The van der Waals surface area contributed by atoms with Gasteiger partial charge in [-0.2, -0.15) is 5.10 Å². The number of anilines is 1. The molecule has 1 unspecified atom stereocenters. The van der Waals surface area contributed by atoms with Gasteiger partial charge < -0.3 is 4.42 Å². The number of para-hydroxylation sites is 1. The van der Waals surface area contributed by atoms with Crippen LogP contribution in [0.3, 0.4) is 0 Å². The van der Waals surface area contributed by atoms with Crippen LogP contribution in [0.2, 0.25) is 0 Å². The molecule has 0 saturated carbocycles. The molecular weight excluding hydrogens is 474 g/mol. The standard InChI is InChI=1S/C23H19N5O4S2/c1-13-20-15(22(29)26-23-25-16-5-2-3-7-19(16)33-23)11-17(18-6-4-9-32-18)24-21(20)28(27-13)14-8-10-34(30,31)12-14/h2-7,9,11,14H,8,10,12H2,1H3,(H,25,26,29). The van der Waals surface area contributed by atoms with Gasteiger partial charge in [-0.15, -0.1) is 0 Å². The summed E-state index contributed by atoms with van der Waals surface area (Å²) in [6, 6.07) is 12.5. The number of aromatic nitrogens is 4. The van der Waals surface area contributed by atoms with Crippen molar-refractivity contribution < 1.29 is 17.6 Å². The first-order valence-corrected chi connectivity index (χ1v) is 13.3. The Labute approximate surface area is 198 Å². The summed E-state index contributed by atoms with van der Waals surface area (Å²) >= 11 is 1.39. The predicted octanol–water partition coefficient (Wildman–Crippen LogP) is 4.22. The zero-order valence-electron chi connectivity index (χ0n) is 18.1. The third-order valence-corrected chi connectivity index (χ3v) is 8.63. The van der Waals surface area contributed by atoms with E-state index in [1.807, 2.05) is 24.3 Å². The number of nitrogens with one attached hydrogen (secondary N) is 1. The van der Waals surface area contributed by atoms with Gasteiger partial charge in [-0.1, -0.05) is 23.5 Å². The molecule has 5 heterocycles. The summed E-state index contributed by atoms with van der Waals surface area (Å²) in [5.41, 5.74) is 2.72. The molecule has 11 heteroatoms. The molecule has 0 aliphatic carbocycles. The maximum atomic E-state index is 13.5. The molecule has 34 heavy (non-hydrogen) atoms. The lowest BCUT2D eigenvalue weighted by Gasteiger charge is -2.11. The second kappa shape index (κ2) is 7.74. The molecule has 0 spiro atoms. The zero-order valence-corrected chi connectivity index (χ0v) is 19.7. The number of fused-ring (bicyclic) bond motifs is 2. The minimum Gasteiger partial charge on any atom is -0.463 e. The van der Waals surface area contributed by atoms with Crippen LogP contribution < -0.4 is 5.32 Å². The highest BCUT2D eigenvalue weighted by Crippen LogP contribution is 2.33. The molecule has 1 amide bonds. The van der Waals surface area contributed by atoms with Crippen LogP contribution in [0.4, 0.5) is 5.13 Å². The van der Waals surface area contributed by atoms with Gasteiger partial charge in [0.15, 0.2) is 26.4 Å². The Morgan fingerprint density at radius 1 is 1.21 bits per heavy atom. The van der Waals surface area contributed by atoms with Crippen LogP contribution in [-0.2, 0) is 9.84 Å². The van der Waals surface area contributed by atoms with E-state index < -0.39 is 9.84 Å². The van der Waals surface area contributed by atoms with Gasteiger partial charge in [0, 0.05) is 0 Å². The number of rotatable bonds is 4. The van der Waals surface area contributed by atoms with Crippen molar-refractivity contribution in [2.45, 2.75) is 19.4 Å². The average Bonchev–Trinajstić information content (AvgIpc) is 3.59. The Morgan fingerprint density at radius 2 is 2.06 bits per heavy atom. The molecule has 1 atom stereocenters. The third kappa shape index (κ3) is 3.57. The highest BCUT2D eigenvalue weighted by molar-refractivity contribution is 7.91. The fourth-order valence-electron chi connectivity index (χ4n) is 4.36. The van der Waals surface area contributed by atoms with Gasteiger partial charge in [-0.3, -0.25) is 10.1 Å². The summed E-state index contributed by atoms with van der Waals surface area (Å²) in [4.78, 5) is 22.7. The topological polar surface area (TPSA) is 120 Å². The molecule has 172 valence electrons. The molecule has 1 aliphatic rings. The second-order valence-corrected chi connectivity index (χ2v) is 11.5. The first kappa shape index (κ1) is 21.0. The summed E-state index contributed by atoms with van der Waals surface area (Å²) in [6.45, 7) is 1.80. The number of amides is 1. The Kier molecular flexibility index (Phi) is 4.78. The summed E-state index contributed by atoms with van der Waals surface area (Å²) in [7, 11) is -3.13. The number of sulfone groups is 1. The lowest BCUT2D eigenvalue weighted by atomic mass is 10.1. The van der Waals surface area contributed by atoms with E-state index in [4.69, 9.17) is 9.40 Å². The molecule has 1 N–H and O–H groups in total. The van der Waals surface area contributed by atoms with Gasteiger partial charge in [0.25, 0.3) is 5.91 Å². The third-order valence-electron chi connectivity index (χ3n) is 5.92. The van der Waals surface area contributed by atoms with Gasteiger partial charge in [0.05, 0.1) is 50.7 Å². The second-order valence-electron chi connectivity index (χ2n) is 8.26. The summed E-state index contributed by atoms with van der Waals surface area (Å²) in [5, 5.41) is 8.59. The van der Waals surface area contributed by atoms with E-state index in [9.17, 15) is 13.2 Å². The first-order chi connectivity index (χ1) is 16.4. The van der Waals surface area contributed by atoms with Crippen molar-refractivity contribution in [1.82, 2.24) is 19.7 Å². The van der Waals surface area contributed by atoms with Crippen molar-refractivity contribution >= 4 is 53.5 Å². The quantitative estimate of drug-likeness (QED) is 0.398. The first-order valence-electron chi connectivity index (χ1n) is 10.7. The lowest BCUT2D eigenvalue weighted by Crippen LogP contribution is -2.15. The van der Waals surface area contributed by atoms with Gasteiger partial charge in [0.1, 0.15) is 5.69 Å². The van der Waals surface area contributed by atoms with E-state index in [0.717, 1.165) is 10.2 Å². The van der Waals surface area contributed by atoms with E-state index in [2.05, 4.69) is 15.4 Å². The lowest BCUT2D eigenvalue weighted by molar-refractivity contribution is 0.102. The number of carbonyl (C=O) groups is 1. The van der Waals surface area contributed by atoms with Crippen molar-refractivity contribution in [2.75, 3.05) is 16.8 Å². The number of hydrogen-bond acceptors (Lipinski definition) is 8. The summed E-state index contributed by atoms with van der Waals surface area (Å²) in [5.74, 6) is 0.269. The van der Waals surface area contributed by atoms with Gasteiger partial charge >= 0.3 is 0 Å². The molecule has 4 aromatic heterocycles. The van der Waals surface area contributed by atoms with Gasteiger partial charge in [-0.25, -0.2) is 23.1 Å². The maximum absolute atomic E-state index is 13.5. The monoisotopic (exact) mass is 493 g/mol. The number of thiazole rings is 1. The van der Waals surface area contributed by atoms with E-state index in [-0.39, 0.29) is 23.5 Å². The minimum absolute atomic E-state index is 0.00309. The normalized spacial score (nSPS) is 17.5. The van der Waals surface area contributed by atoms with Crippen molar-refractivity contribution in [1.29, 1.82) is 0 Å². The molecule has 0 bridgehead atoms. The van der Waals surface area contributed by atoms with E-state index in [0.29, 0.717) is 45.3 Å². The summed E-state index contributed by atoms with van der Waals surface area (Å²) in [6.07, 6.45) is 1.99. The van der Waals surface area contributed by atoms with Crippen LogP contribution in [0.15, 0.2) is 53.1 Å². The molecule has 1 aliphatic heterocycles. The largest absolute Gasteiger partial charge is 0.463 e. The number of furan rings is 1. The van der Waals surface area contributed by atoms with Crippen LogP contribution in [0, 0.1) is 6.92 Å². The van der Waals surface area contributed by atoms with E-state index in [1.165, 1.54) is 17.6 Å². The molecule has 0 radical (unpaired) electrons. The van der Waals surface area contributed by atoms with Crippen molar-refractivity contribution in [3.05, 3.63) is 60.0 Å². The van der Waals surface area contributed by atoms with Crippen molar-refractivity contribution in [2.24, 2.45) is 0 Å². The molecular formula is C23H19N5O4S2. The van der Waals surface area contributed by atoms with Crippen LogP contribution in [0.25, 0.3) is 32.7 Å². The highest BCUT2D eigenvalue weighted by atomic mass is 32.2. The number of nitrogens with zero attached hydrogens (tertiary/aromatic N) is 4.